The van der Waals surface area contributed by atoms with E-state index in [1.54, 1.807) is 11.5 Å². The minimum absolute atomic E-state index is 0.00506. The first-order chi connectivity index (χ1) is 11.5. The third-order valence-electron chi connectivity index (χ3n) is 3.65. The van der Waals surface area contributed by atoms with Gasteiger partial charge in [-0.3, -0.25) is 9.36 Å². The van der Waals surface area contributed by atoms with Gasteiger partial charge in [-0.15, -0.1) is 0 Å². The smallest absolute Gasteiger partial charge is 0.262 e. The van der Waals surface area contributed by atoms with Crippen molar-refractivity contribution in [1.29, 1.82) is 0 Å². The average Bonchev–Trinajstić information content (AvgIpc) is 2.97. The largest absolute Gasteiger partial charge is 0.338 e. The molecule has 0 N–H and O–H groups in total. The Morgan fingerprint density at radius 3 is 2.75 bits per heavy atom. The van der Waals surface area contributed by atoms with Crippen molar-refractivity contribution in [3.8, 4) is 0 Å². The third-order valence-corrected chi connectivity index (χ3v) is 4.61. The molecule has 1 aromatic carbocycles. The second-order valence-corrected chi connectivity index (χ2v) is 7.02. The average molecular weight is 344 g/mol. The first-order valence-electron chi connectivity index (χ1n) is 7.96. The molecule has 7 heteroatoms. The fraction of sp³-hybridized carbons (Fsp3) is 0.412. The van der Waals surface area contributed by atoms with Crippen molar-refractivity contribution in [1.82, 2.24) is 19.7 Å². The highest BCUT2D eigenvalue weighted by atomic mass is 32.2. The zero-order valence-corrected chi connectivity index (χ0v) is 14.8. The molecule has 0 bridgehead atoms. The van der Waals surface area contributed by atoms with E-state index in [4.69, 9.17) is 4.52 Å². The molecule has 0 radical (unpaired) electrons. The summed E-state index contributed by atoms with van der Waals surface area (Å²) in [6, 6.07) is 7.45. The molecular weight excluding hydrogens is 324 g/mol. The van der Waals surface area contributed by atoms with E-state index in [-0.39, 0.29) is 5.56 Å². The molecule has 126 valence electrons. The second-order valence-electron chi connectivity index (χ2n) is 6.07. The maximum atomic E-state index is 12.8. The van der Waals surface area contributed by atoms with E-state index in [2.05, 4.69) is 29.0 Å². The molecular formula is C17H20N4O2S. The summed E-state index contributed by atoms with van der Waals surface area (Å²) >= 11 is 1.45. The summed E-state index contributed by atoms with van der Waals surface area (Å²) in [6.07, 6.45) is 0.924. The van der Waals surface area contributed by atoms with Crippen molar-refractivity contribution in [2.24, 2.45) is 5.92 Å². The Hall–Kier alpha value is -2.15. The number of aromatic nitrogens is 4. The molecule has 24 heavy (non-hydrogen) atoms. The molecule has 3 rings (SSSR count). The molecule has 0 saturated heterocycles. The Morgan fingerprint density at radius 1 is 1.25 bits per heavy atom. The summed E-state index contributed by atoms with van der Waals surface area (Å²) in [7, 11) is 0. The van der Waals surface area contributed by atoms with Crippen molar-refractivity contribution < 1.29 is 4.52 Å². The van der Waals surface area contributed by atoms with Crippen LogP contribution in [0.1, 0.15) is 32.0 Å². The van der Waals surface area contributed by atoms with E-state index >= 15 is 0 Å². The molecule has 0 atom stereocenters. The van der Waals surface area contributed by atoms with Crippen molar-refractivity contribution >= 4 is 22.7 Å². The van der Waals surface area contributed by atoms with Gasteiger partial charge in [0.15, 0.2) is 11.0 Å². The number of nitrogens with zero attached hydrogens (tertiary/aromatic N) is 4. The monoisotopic (exact) mass is 344 g/mol. The highest BCUT2D eigenvalue weighted by Gasteiger charge is 2.13. The Balaban J connectivity index is 1.96. The van der Waals surface area contributed by atoms with E-state index in [0.29, 0.717) is 46.0 Å². The second kappa shape index (κ2) is 7.17. The van der Waals surface area contributed by atoms with Crippen molar-refractivity contribution in [2.75, 3.05) is 0 Å². The molecule has 0 aliphatic rings. The number of hydrogen-bond acceptors (Lipinski definition) is 6. The van der Waals surface area contributed by atoms with Crippen molar-refractivity contribution in [3.63, 3.8) is 0 Å². The van der Waals surface area contributed by atoms with Gasteiger partial charge in [0, 0.05) is 6.54 Å². The number of rotatable bonds is 6. The Kier molecular flexibility index (Phi) is 4.99. The Morgan fingerprint density at radius 2 is 2.04 bits per heavy atom. The molecule has 2 aromatic heterocycles. The fourth-order valence-electron chi connectivity index (χ4n) is 2.37. The Labute approximate surface area is 144 Å². The molecule has 6 nitrogen and oxygen atoms in total. The highest BCUT2D eigenvalue weighted by Crippen LogP contribution is 2.22. The van der Waals surface area contributed by atoms with E-state index in [9.17, 15) is 4.79 Å². The fourth-order valence-corrected chi connectivity index (χ4v) is 3.23. The van der Waals surface area contributed by atoms with Gasteiger partial charge < -0.3 is 4.52 Å². The van der Waals surface area contributed by atoms with Gasteiger partial charge in [0.2, 0.25) is 5.89 Å². The molecule has 0 spiro atoms. The van der Waals surface area contributed by atoms with Crippen LogP contribution in [0.2, 0.25) is 0 Å². The normalized spacial score (nSPS) is 11.5. The van der Waals surface area contributed by atoms with Gasteiger partial charge in [-0.2, -0.15) is 4.98 Å². The van der Waals surface area contributed by atoms with Crippen LogP contribution in [-0.4, -0.2) is 19.7 Å². The molecule has 0 unspecified atom stereocenters. The van der Waals surface area contributed by atoms with Crippen LogP contribution in [-0.2, 0) is 12.3 Å². The lowest BCUT2D eigenvalue weighted by atomic mass is 10.1. The lowest BCUT2D eigenvalue weighted by Gasteiger charge is -2.13. The summed E-state index contributed by atoms with van der Waals surface area (Å²) in [6.45, 7) is 6.73. The maximum Gasteiger partial charge on any atom is 0.262 e. The predicted octanol–water partition coefficient (Wildman–Crippen LogP) is 3.43. The van der Waals surface area contributed by atoms with Crippen LogP contribution in [0.15, 0.2) is 38.7 Å². The van der Waals surface area contributed by atoms with E-state index < -0.39 is 0 Å². The van der Waals surface area contributed by atoms with Crippen LogP contribution in [0.4, 0.5) is 0 Å². The van der Waals surface area contributed by atoms with Gasteiger partial charge in [0.05, 0.1) is 16.7 Å². The van der Waals surface area contributed by atoms with E-state index in [1.807, 2.05) is 24.3 Å². The van der Waals surface area contributed by atoms with E-state index in [1.165, 1.54) is 11.8 Å². The van der Waals surface area contributed by atoms with Crippen LogP contribution < -0.4 is 5.56 Å². The molecule has 0 aliphatic carbocycles. The first kappa shape index (κ1) is 16.7. The first-order valence-corrected chi connectivity index (χ1v) is 8.94. The van der Waals surface area contributed by atoms with Gasteiger partial charge in [-0.1, -0.05) is 42.9 Å². The number of para-hydroxylation sites is 1. The zero-order chi connectivity index (χ0) is 17.1. The molecule has 3 aromatic rings. The zero-order valence-electron chi connectivity index (χ0n) is 14.0. The van der Waals surface area contributed by atoms with Crippen LogP contribution in [0.25, 0.3) is 10.9 Å². The molecule has 0 aliphatic heterocycles. The van der Waals surface area contributed by atoms with Gasteiger partial charge >= 0.3 is 0 Å². The van der Waals surface area contributed by atoms with Crippen molar-refractivity contribution in [2.45, 2.75) is 44.6 Å². The van der Waals surface area contributed by atoms with Crippen molar-refractivity contribution in [3.05, 3.63) is 46.3 Å². The topological polar surface area (TPSA) is 73.8 Å². The van der Waals surface area contributed by atoms with Gasteiger partial charge in [0.1, 0.15) is 0 Å². The van der Waals surface area contributed by atoms with E-state index in [0.717, 1.165) is 6.42 Å². The highest BCUT2D eigenvalue weighted by molar-refractivity contribution is 7.98. The SMILES string of the molecule is Cc1noc(CSc2nc3ccccc3c(=O)n2CCC(C)C)n1. The van der Waals surface area contributed by atoms with Crippen LogP contribution in [0, 0.1) is 12.8 Å². The maximum absolute atomic E-state index is 12.8. The van der Waals surface area contributed by atoms with Crippen LogP contribution in [0.3, 0.4) is 0 Å². The number of fused-ring (bicyclic) bond motifs is 1. The van der Waals surface area contributed by atoms with Gasteiger partial charge in [0.25, 0.3) is 5.56 Å². The van der Waals surface area contributed by atoms with Gasteiger partial charge in [-0.25, -0.2) is 4.98 Å². The number of aryl methyl sites for hydroxylation is 1. The summed E-state index contributed by atoms with van der Waals surface area (Å²) in [5.74, 6) is 2.15. The molecule has 0 amide bonds. The molecule has 0 fully saturated rings. The molecule has 2 heterocycles. The summed E-state index contributed by atoms with van der Waals surface area (Å²) in [5.41, 5.74) is 0.720. The molecule has 0 saturated carbocycles. The summed E-state index contributed by atoms with van der Waals surface area (Å²) in [4.78, 5) is 21.7. The predicted molar refractivity (Wildman–Crippen MR) is 94.1 cm³/mol. The lowest BCUT2D eigenvalue weighted by Crippen LogP contribution is -2.24. The number of thioether (sulfide) groups is 1. The summed E-state index contributed by atoms with van der Waals surface area (Å²) in [5, 5.41) is 5.13. The lowest BCUT2D eigenvalue weighted by molar-refractivity contribution is 0.386. The standard InChI is InChI=1S/C17H20N4O2S/c1-11(2)8-9-21-16(22)13-6-4-5-7-14(13)19-17(21)24-10-15-18-12(3)20-23-15/h4-7,11H,8-10H2,1-3H3. The number of hydrogen-bond donors (Lipinski definition) is 0. The Bertz CT molecular complexity index is 901. The van der Waals surface area contributed by atoms with Crippen LogP contribution in [0.5, 0.6) is 0 Å². The number of benzene rings is 1. The van der Waals surface area contributed by atoms with Gasteiger partial charge in [-0.05, 0) is 31.4 Å². The van der Waals surface area contributed by atoms with Crippen LogP contribution >= 0.6 is 11.8 Å². The minimum atomic E-state index is 0.00506. The minimum Gasteiger partial charge on any atom is -0.338 e. The summed E-state index contributed by atoms with van der Waals surface area (Å²) < 4.78 is 6.90. The third kappa shape index (κ3) is 3.67. The quantitative estimate of drug-likeness (QED) is 0.504.